The van der Waals surface area contributed by atoms with Gasteiger partial charge < -0.3 is 29.8 Å². The molecule has 0 aliphatic rings. The zero-order valence-electron chi connectivity index (χ0n) is 23.8. The van der Waals surface area contributed by atoms with E-state index in [2.05, 4.69) is 0 Å². The van der Waals surface area contributed by atoms with Crippen LogP contribution in [0.1, 0.15) is 80.2 Å². The molecular weight excluding hydrogens is 494 g/mol. The molecule has 0 amide bonds. The van der Waals surface area contributed by atoms with Crippen LogP contribution in [-0.2, 0) is 30.3 Å². The number of carbonyl (C=O) groups is 4. The van der Waals surface area contributed by atoms with Crippen LogP contribution in [0.3, 0.4) is 0 Å². The molecule has 1 aromatic rings. The van der Waals surface area contributed by atoms with E-state index in [0.717, 1.165) is 0 Å². The van der Waals surface area contributed by atoms with E-state index in [0.29, 0.717) is 18.4 Å². The highest BCUT2D eigenvalue weighted by Crippen LogP contribution is 2.32. The summed E-state index contributed by atoms with van der Waals surface area (Å²) in [6.45, 7) is 14.5. The smallest absolute Gasteiger partial charge is 0.480 e. The molecule has 0 spiro atoms. The first kappa shape index (κ1) is 32.9. The van der Waals surface area contributed by atoms with Gasteiger partial charge in [-0.1, -0.05) is 54.5 Å². The number of hydrogen-bond donors (Lipinski definition) is 2. The molecule has 10 nitrogen and oxygen atoms in total. The topological polar surface area (TPSA) is 151 Å². The second kappa shape index (κ2) is 14.1. The summed E-state index contributed by atoms with van der Waals surface area (Å²) >= 11 is 0. The predicted molar refractivity (Wildman–Crippen MR) is 141 cm³/mol. The molecule has 1 rings (SSSR count). The van der Waals surface area contributed by atoms with Gasteiger partial charge in [-0.2, -0.15) is 0 Å². The molecule has 214 valence electrons. The lowest BCUT2D eigenvalue weighted by atomic mass is 9.86. The summed E-state index contributed by atoms with van der Waals surface area (Å²) in [6, 6.07) is 4.43. The van der Waals surface area contributed by atoms with E-state index in [1.165, 1.54) is 19.1 Å². The number of esters is 2. The minimum atomic E-state index is -1.82. The van der Waals surface area contributed by atoms with E-state index in [-0.39, 0.29) is 42.3 Å². The van der Waals surface area contributed by atoms with Crippen LogP contribution in [0.25, 0.3) is 0 Å². The number of carbonyl (C=O) groups excluding carboxylic acids is 3. The monoisotopic (exact) mass is 537 g/mol. The summed E-state index contributed by atoms with van der Waals surface area (Å²) < 4.78 is 21.3. The van der Waals surface area contributed by atoms with Gasteiger partial charge in [0.2, 0.25) is 0 Å². The maximum Gasteiger partial charge on any atom is 0.508 e. The summed E-state index contributed by atoms with van der Waals surface area (Å²) in [5.74, 6) is -3.03. The van der Waals surface area contributed by atoms with Crippen LogP contribution in [0.5, 0.6) is 11.5 Å². The number of hydrogen-bond acceptors (Lipinski definition) is 9. The quantitative estimate of drug-likeness (QED) is 0.263. The highest BCUT2D eigenvalue weighted by molar-refractivity contribution is 5.80. The molecule has 10 heteroatoms. The van der Waals surface area contributed by atoms with E-state index in [1.807, 2.05) is 34.6 Å². The van der Waals surface area contributed by atoms with Crippen LogP contribution in [0.4, 0.5) is 4.79 Å². The fourth-order valence-corrected chi connectivity index (χ4v) is 3.21. The standard InChI is InChI=1S/C28H43NO9/c1-9-17(3)23(30)37-21-12-11-20(13-22(21)38-24(31)18(4)10-2)15-28(29,25(32)33)14-19(5)36-26(34)35-16-27(6,7)8/h11-13,17-19H,9-10,14-16,29H2,1-8H3,(H,32,33)/t17?,18?,19-,28?/m0/s1. The van der Waals surface area contributed by atoms with Crippen molar-refractivity contribution in [1.29, 1.82) is 0 Å². The highest BCUT2D eigenvalue weighted by Gasteiger charge is 2.37. The molecule has 0 aliphatic heterocycles. The maximum atomic E-state index is 12.5. The van der Waals surface area contributed by atoms with Crippen molar-refractivity contribution in [2.45, 2.75) is 92.7 Å². The average Bonchev–Trinajstić information content (AvgIpc) is 2.82. The number of aliphatic carboxylic acids is 1. The zero-order valence-corrected chi connectivity index (χ0v) is 23.8. The molecule has 1 aromatic carbocycles. The van der Waals surface area contributed by atoms with E-state index >= 15 is 0 Å². The van der Waals surface area contributed by atoms with Crippen LogP contribution in [0.15, 0.2) is 18.2 Å². The Balaban J connectivity index is 3.16. The van der Waals surface area contributed by atoms with E-state index in [1.54, 1.807) is 19.9 Å². The Hall–Kier alpha value is -3.14. The first-order valence-corrected chi connectivity index (χ1v) is 12.9. The van der Waals surface area contributed by atoms with Crippen molar-refractivity contribution in [3.63, 3.8) is 0 Å². The largest absolute Gasteiger partial charge is 0.508 e. The summed E-state index contributed by atoms with van der Waals surface area (Å²) in [4.78, 5) is 49.0. The molecule has 3 unspecified atom stereocenters. The van der Waals surface area contributed by atoms with Crippen molar-refractivity contribution in [2.24, 2.45) is 23.0 Å². The number of carboxylic acids is 1. The van der Waals surface area contributed by atoms with Crippen LogP contribution in [0, 0.1) is 17.3 Å². The van der Waals surface area contributed by atoms with E-state index in [9.17, 15) is 24.3 Å². The molecule has 0 heterocycles. The van der Waals surface area contributed by atoms with Crippen molar-refractivity contribution in [2.75, 3.05) is 6.61 Å². The lowest BCUT2D eigenvalue weighted by molar-refractivity contribution is -0.145. The van der Waals surface area contributed by atoms with Gasteiger partial charge in [0.25, 0.3) is 0 Å². The Kier molecular flexibility index (Phi) is 12.2. The lowest BCUT2D eigenvalue weighted by Gasteiger charge is -2.28. The Labute approximate surface area is 225 Å². The van der Waals surface area contributed by atoms with Gasteiger partial charge in [0.05, 0.1) is 18.4 Å². The molecule has 0 saturated heterocycles. The van der Waals surface area contributed by atoms with Gasteiger partial charge >= 0.3 is 24.1 Å². The molecule has 0 saturated carbocycles. The number of rotatable bonds is 13. The van der Waals surface area contributed by atoms with Gasteiger partial charge in [-0.15, -0.1) is 0 Å². The fraction of sp³-hybridized carbons (Fsp3) is 0.643. The molecule has 0 aliphatic carbocycles. The van der Waals surface area contributed by atoms with E-state index in [4.69, 9.17) is 24.7 Å². The number of benzene rings is 1. The van der Waals surface area contributed by atoms with Gasteiger partial charge in [-0.25, -0.2) is 4.79 Å². The highest BCUT2D eigenvalue weighted by atomic mass is 16.7. The van der Waals surface area contributed by atoms with Crippen LogP contribution >= 0.6 is 0 Å². The lowest BCUT2D eigenvalue weighted by Crippen LogP contribution is -2.52. The summed E-state index contributed by atoms with van der Waals surface area (Å²) in [5, 5.41) is 9.92. The molecule has 3 N–H and O–H groups in total. The molecule has 4 atom stereocenters. The van der Waals surface area contributed by atoms with Crippen LogP contribution in [0.2, 0.25) is 0 Å². The third kappa shape index (κ3) is 10.7. The molecule has 0 aromatic heterocycles. The molecule has 38 heavy (non-hydrogen) atoms. The number of carboxylic acid groups (broad SMARTS) is 1. The van der Waals surface area contributed by atoms with Gasteiger partial charge in [0.1, 0.15) is 11.6 Å². The van der Waals surface area contributed by atoms with Gasteiger partial charge in [-0.3, -0.25) is 14.4 Å². The average molecular weight is 538 g/mol. The second-order valence-electron chi connectivity index (χ2n) is 11.1. The van der Waals surface area contributed by atoms with Crippen molar-refractivity contribution >= 4 is 24.1 Å². The van der Waals surface area contributed by atoms with Gasteiger partial charge in [0, 0.05) is 12.8 Å². The first-order chi connectivity index (χ1) is 17.5. The van der Waals surface area contributed by atoms with Crippen molar-refractivity contribution < 1.29 is 43.2 Å². The third-order valence-electron chi connectivity index (χ3n) is 5.98. The fourth-order valence-electron chi connectivity index (χ4n) is 3.21. The second-order valence-corrected chi connectivity index (χ2v) is 11.1. The van der Waals surface area contributed by atoms with Gasteiger partial charge in [0.15, 0.2) is 11.5 Å². The third-order valence-corrected chi connectivity index (χ3v) is 5.98. The summed E-state index contributed by atoms with van der Waals surface area (Å²) in [5.41, 5.74) is 4.61. The van der Waals surface area contributed by atoms with Crippen molar-refractivity contribution in [3.05, 3.63) is 23.8 Å². The Morgan fingerprint density at radius 3 is 1.92 bits per heavy atom. The molecule has 0 bridgehead atoms. The van der Waals surface area contributed by atoms with Crippen LogP contribution in [-0.4, -0.2) is 47.4 Å². The predicted octanol–water partition coefficient (Wildman–Crippen LogP) is 4.89. The molecular formula is C28H43NO9. The maximum absolute atomic E-state index is 12.5. The molecule has 0 fully saturated rings. The van der Waals surface area contributed by atoms with E-state index < -0.39 is 41.6 Å². The van der Waals surface area contributed by atoms with Gasteiger partial charge in [-0.05, 0) is 42.9 Å². The normalized spacial score (nSPS) is 15.4. The minimum Gasteiger partial charge on any atom is -0.480 e. The Morgan fingerprint density at radius 2 is 1.45 bits per heavy atom. The summed E-state index contributed by atoms with van der Waals surface area (Å²) in [6.07, 6.45) is -1.05. The number of ether oxygens (including phenoxy) is 4. The van der Waals surface area contributed by atoms with Crippen molar-refractivity contribution in [1.82, 2.24) is 0 Å². The SMILES string of the molecule is CCC(C)C(=O)Oc1ccc(CC(N)(C[C@H](C)OC(=O)OCC(C)(C)C)C(=O)O)cc1OC(=O)C(C)CC. The number of nitrogens with two attached hydrogens (primary N) is 1. The zero-order chi connectivity index (χ0) is 29.3. The Bertz CT molecular complexity index is 985. The Morgan fingerprint density at radius 1 is 0.921 bits per heavy atom. The minimum absolute atomic E-state index is 0.00718. The molecule has 0 radical (unpaired) electrons. The summed E-state index contributed by atoms with van der Waals surface area (Å²) in [7, 11) is 0. The van der Waals surface area contributed by atoms with Crippen LogP contribution < -0.4 is 15.2 Å². The van der Waals surface area contributed by atoms with Crippen molar-refractivity contribution in [3.8, 4) is 11.5 Å². The first-order valence-electron chi connectivity index (χ1n) is 12.9.